The molecule has 1 aromatic carbocycles. The van der Waals surface area contributed by atoms with E-state index in [9.17, 15) is 0 Å². The molecule has 4 heteroatoms. The normalized spacial score (nSPS) is 10.3. The Kier molecular flexibility index (Phi) is 3.79. The third-order valence-electron chi connectivity index (χ3n) is 2.63. The highest BCUT2D eigenvalue weighted by Gasteiger charge is 2.11. The molecule has 4 nitrogen and oxygen atoms in total. The number of aromatic nitrogens is 1. The van der Waals surface area contributed by atoms with E-state index in [4.69, 9.17) is 14.4 Å². The van der Waals surface area contributed by atoms with Gasteiger partial charge in [0.25, 0.3) is 0 Å². The summed E-state index contributed by atoms with van der Waals surface area (Å²) < 4.78 is 10.3. The Labute approximate surface area is 105 Å². The molecular formula is C14H15NO3. The first-order valence-electron chi connectivity index (χ1n) is 5.63. The van der Waals surface area contributed by atoms with Gasteiger partial charge >= 0.3 is 0 Å². The van der Waals surface area contributed by atoms with E-state index < -0.39 is 0 Å². The summed E-state index contributed by atoms with van der Waals surface area (Å²) in [5.41, 5.74) is 2.62. The fourth-order valence-electron chi connectivity index (χ4n) is 1.76. The molecule has 0 saturated carbocycles. The van der Waals surface area contributed by atoms with E-state index in [2.05, 4.69) is 11.7 Å². The molecule has 0 saturated heterocycles. The topological polar surface area (TPSA) is 55.5 Å². The standard InChI is InChI=1S/C14H15NO3/c1-3-4-10-5-6-14(17-2)12(7-10)13-8-11(9-16)18-15-13/h3,5-8,16H,1,4,9H2,2H3. The maximum absolute atomic E-state index is 8.98. The molecule has 18 heavy (non-hydrogen) atoms. The molecule has 1 N–H and O–H groups in total. The lowest BCUT2D eigenvalue weighted by atomic mass is 10.0. The fourth-order valence-corrected chi connectivity index (χ4v) is 1.76. The number of rotatable bonds is 5. The Morgan fingerprint density at radius 1 is 1.44 bits per heavy atom. The summed E-state index contributed by atoms with van der Waals surface area (Å²) >= 11 is 0. The predicted molar refractivity (Wildman–Crippen MR) is 68.3 cm³/mol. The lowest BCUT2D eigenvalue weighted by Gasteiger charge is -2.07. The quantitative estimate of drug-likeness (QED) is 0.822. The second-order valence-electron chi connectivity index (χ2n) is 3.86. The van der Waals surface area contributed by atoms with Crippen LogP contribution in [0.15, 0.2) is 41.4 Å². The number of benzene rings is 1. The van der Waals surface area contributed by atoms with Crippen molar-refractivity contribution in [3.05, 3.63) is 48.2 Å². The fraction of sp³-hybridized carbons (Fsp3) is 0.214. The van der Waals surface area contributed by atoms with Crippen LogP contribution < -0.4 is 4.74 Å². The average molecular weight is 245 g/mol. The number of hydrogen-bond donors (Lipinski definition) is 1. The largest absolute Gasteiger partial charge is 0.496 e. The van der Waals surface area contributed by atoms with Crippen LogP contribution in [0, 0.1) is 0 Å². The van der Waals surface area contributed by atoms with Gasteiger partial charge in [0, 0.05) is 11.6 Å². The molecule has 0 aliphatic carbocycles. The summed E-state index contributed by atoms with van der Waals surface area (Å²) in [6, 6.07) is 7.56. The highest BCUT2D eigenvalue weighted by molar-refractivity contribution is 5.68. The minimum atomic E-state index is -0.165. The van der Waals surface area contributed by atoms with Crippen LogP contribution >= 0.6 is 0 Å². The van der Waals surface area contributed by atoms with Crippen LogP contribution in [-0.4, -0.2) is 17.4 Å². The van der Waals surface area contributed by atoms with Gasteiger partial charge in [0.15, 0.2) is 5.76 Å². The van der Waals surface area contributed by atoms with Gasteiger partial charge in [-0.25, -0.2) is 0 Å². The Balaban J connectivity index is 2.45. The van der Waals surface area contributed by atoms with Crippen molar-refractivity contribution in [3.63, 3.8) is 0 Å². The van der Waals surface area contributed by atoms with Gasteiger partial charge in [0.2, 0.25) is 0 Å². The molecular weight excluding hydrogens is 230 g/mol. The number of methoxy groups -OCH3 is 1. The molecule has 0 fully saturated rings. The summed E-state index contributed by atoms with van der Waals surface area (Å²) in [6.07, 6.45) is 2.62. The molecule has 0 bridgehead atoms. The van der Waals surface area contributed by atoms with Crippen molar-refractivity contribution >= 4 is 0 Å². The van der Waals surface area contributed by atoms with Crippen LogP contribution in [0.3, 0.4) is 0 Å². The zero-order valence-corrected chi connectivity index (χ0v) is 10.2. The molecule has 94 valence electrons. The molecule has 2 aromatic rings. The number of aliphatic hydroxyl groups excluding tert-OH is 1. The van der Waals surface area contributed by atoms with Crippen LogP contribution in [0.2, 0.25) is 0 Å². The maximum atomic E-state index is 8.98. The van der Waals surface area contributed by atoms with E-state index in [-0.39, 0.29) is 6.61 Å². The highest BCUT2D eigenvalue weighted by Crippen LogP contribution is 2.30. The molecule has 0 amide bonds. The van der Waals surface area contributed by atoms with Gasteiger partial charge in [-0.1, -0.05) is 17.3 Å². The highest BCUT2D eigenvalue weighted by atomic mass is 16.5. The number of allylic oxidation sites excluding steroid dienone is 1. The number of aliphatic hydroxyl groups is 1. The number of ether oxygens (including phenoxy) is 1. The first-order valence-corrected chi connectivity index (χ1v) is 5.63. The summed E-state index contributed by atoms with van der Waals surface area (Å²) in [7, 11) is 1.61. The lowest BCUT2D eigenvalue weighted by Crippen LogP contribution is -1.90. The van der Waals surface area contributed by atoms with Gasteiger partial charge < -0.3 is 14.4 Å². The Bertz CT molecular complexity index is 546. The molecule has 0 spiro atoms. The first-order chi connectivity index (χ1) is 8.78. The molecule has 0 aliphatic heterocycles. The van der Waals surface area contributed by atoms with E-state index in [1.807, 2.05) is 24.3 Å². The van der Waals surface area contributed by atoms with Gasteiger partial charge in [0.05, 0.1) is 7.11 Å². The molecule has 0 radical (unpaired) electrons. The van der Waals surface area contributed by atoms with Crippen molar-refractivity contribution in [2.24, 2.45) is 0 Å². The van der Waals surface area contributed by atoms with E-state index in [0.717, 1.165) is 23.3 Å². The van der Waals surface area contributed by atoms with Crippen LogP contribution in [0.4, 0.5) is 0 Å². The van der Waals surface area contributed by atoms with Gasteiger partial charge in [-0.05, 0) is 24.1 Å². The van der Waals surface area contributed by atoms with Crippen molar-refractivity contribution in [3.8, 4) is 17.0 Å². The van der Waals surface area contributed by atoms with Gasteiger partial charge in [0.1, 0.15) is 18.1 Å². The molecule has 0 aliphatic rings. The van der Waals surface area contributed by atoms with Crippen molar-refractivity contribution < 1.29 is 14.4 Å². The summed E-state index contributed by atoms with van der Waals surface area (Å²) in [5.74, 6) is 1.15. The van der Waals surface area contributed by atoms with E-state index >= 15 is 0 Å². The second-order valence-corrected chi connectivity index (χ2v) is 3.86. The summed E-state index contributed by atoms with van der Waals surface area (Å²) in [6.45, 7) is 3.55. The minimum absolute atomic E-state index is 0.165. The second kappa shape index (κ2) is 5.51. The van der Waals surface area contributed by atoms with Crippen LogP contribution in [0.1, 0.15) is 11.3 Å². The minimum Gasteiger partial charge on any atom is -0.496 e. The van der Waals surface area contributed by atoms with Crippen LogP contribution in [0.5, 0.6) is 5.75 Å². The van der Waals surface area contributed by atoms with Gasteiger partial charge in [-0.2, -0.15) is 0 Å². The van der Waals surface area contributed by atoms with Crippen molar-refractivity contribution in [2.45, 2.75) is 13.0 Å². The van der Waals surface area contributed by atoms with Gasteiger partial charge in [-0.3, -0.25) is 0 Å². The third-order valence-corrected chi connectivity index (χ3v) is 2.63. The molecule has 1 heterocycles. The van der Waals surface area contributed by atoms with Crippen molar-refractivity contribution in [1.29, 1.82) is 0 Å². The lowest BCUT2D eigenvalue weighted by molar-refractivity contribution is 0.229. The average Bonchev–Trinajstić information content (AvgIpc) is 2.87. The van der Waals surface area contributed by atoms with Gasteiger partial charge in [-0.15, -0.1) is 6.58 Å². The van der Waals surface area contributed by atoms with E-state index in [1.165, 1.54) is 0 Å². The number of nitrogens with zero attached hydrogens (tertiary/aromatic N) is 1. The Morgan fingerprint density at radius 2 is 2.28 bits per heavy atom. The number of hydrogen-bond acceptors (Lipinski definition) is 4. The zero-order chi connectivity index (χ0) is 13.0. The molecule has 2 rings (SSSR count). The van der Waals surface area contributed by atoms with Crippen LogP contribution in [0.25, 0.3) is 11.3 Å². The molecule has 0 unspecified atom stereocenters. The smallest absolute Gasteiger partial charge is 0.162 e. The molecule has 1 aromatic heterocycles. The van der Waals surface area contributed by atoms with Crippen molar-refractivity contribution in [1.82, 2.24) is 5.16 Å². The summed E-state index contributed by atoms with van der Waals surface area (Å²) in [5, 5.41) is 12.9. The van der Waals surface area contributed by atoms with Crippen LogP contribution in [-0.2, 0) is 13.0 Å². The third kappa shape index (κ3) is 2.43. The predicted octanol–water partition coefficient (Wildman–Crippen LogP) is 2.57. The maximum Gasteiger partial charge on any atom is 0.162 e. The van der Waals surface area contributed by atoms with E-state index in [0.29, 0.717) is 11.5 Å². The monoisotopic (exact) mass is 245 g/mol. The zero-order valence-electron chi connectivity index (χ0n) is 10.2. The van der Waals surface area contributed by atoms with E-state index in [1.54, 1.807) is 13.2 Å². The molecule has 0 atom stereocenters. The summed E-state index contributed by atoms with van der Waals surface area (Å²) in [4.78, 5) is 0. The Morgan fingerprint density at radius 3 is 2.89 bits per heavy atom. The Hall–Kier alpha value is -2.07. The van der Waals surface area contributed by atoms with Crippen molar-refractivity contribution in [2.75, 3.05) is 7.11 Å². The SMILES string of the molecule is C=CCc1ccc(OC)c(-c2cc(CO)on2)c1. The first kappa shape index (κ1) is 12.4.